The largest absolute Gasteiger partial charge is 0.268 e. The smallest absolute Gasteiger partial charge is 0.266 e. The van der Waals surface area contributed by atoms with Crippen LogP contribution >= 0.6 is 27.5 Å². The zero-order chi connectivity index (χ0) is 17.2. The Morgan fingerprint density at radius 2 is 1.74 bits per heavy atom. The standard InChI is InChI=1S/C16H15BrClNO3S/c1-10(2)11-3-6-13(7-4-11)23(21,22)19-16(20)14-8-5-12(17)9-15(14)18/h3-10H,1-2H3,(H,19,20). The Balaban J connectivity index is 2.25. The third kappa shape index (κ3) is 4.34. The van der Waals surface area contributed by atoms with Crippen LogP contribution in [0.15, 0.2) is 51.8 Å². The van der Waals surface area contributed by atoms with Crippen LogP contribution < -0.4 is 4.72 Å². The van der Waals surface area contributed by atoms with E-state index in [1.54, 1.807) is 18.2 Å². The number of carbonyl (C=O) groups excluding carboxylic acids is 1. The van der Waals surface area contributed by atoms with Crippen molar-refractivity contribution in [2.45, 2.75) is 24.7 Å². The Morgan fingerprint density at radius 1 is 1.13 bits per heavy atom. The molecule has 23 heavy (non-hydrogen) atoms. The van der Waals surface area contributed by atoms with Crippen molar-refractivity contribution >= 4 is 43.5 Å². The first-order valence-electron chi connectivity index (χ1n) is 6.83. The van der Waals surface area contributed by atoms with E-state index in [0.717, 1.165) is 5.56 Å². The van der Waals surface area contributed by atoms with Crippen molar-refractivity contribution in [3.8, 4) is 0 Å². The zero-order valence-corrected chi connectivity index (χ0v) is 15.7. The molecule has 2 aromatic carbocycles. The Kier molecular flexibility index (Phi) is 5.49. The van der Waals surface area contributed by atoms with E-state index >= 15 is 0 Å². The molecule has 0 aromatic heterocycles. The van der Waals surface area contributed by atoms with Gasteiger partial charge in [0.25, 0.3) is 15.9 Å². The van der Waals surface area contributed by atoms with E-state index in [4.69, 9.17) is 11.6 Å². The van der Waals surface area contributed by atoms with Gasteiger partial charge in [-0.15, -0.1) is 0 Å². The van der Waals surface area contributed by atoms with Crippen molar-refractivity contribution in [3.63, 3.8) is 0 Å². The third-order valence-corrected chi connectivity index (χ3v) is 5.41. The second kappa shape index (κ2) is 7.03. The van der Waals surface area contributed by atoms with Crippen molar-refractivity contribution in [2.24, 2.45) is 0 Å². The van der Waals surface area contributed by atoms with Crippen molar-refractivity contribution in [1.29, 1.82) is 0 Å². The summed E-state index contributed by atoms with van der Waals surface area (Å²) in [5, 5.41) is 0.169. The lowest BCUT2D eigenvalue weighted by atomic mass is 10.0. The number of hydrogen-bond donors (Lipinski definition) is 1. The topological polar surface area (TPSA) is 63.2 Å². The molecule has 0 unspecified atom stereocenters. The molecule has 1 N–H and O–H groups in total. The number of benzene rings is 2. The van der Waals surface area contributed by atoms with Gasteiger partial charge in [-0.25, -0.2) is 13.1 Å². The Bertz CT molecular complexity index is 833. The first kappa shape index (κ1) is 18.0. The molecule has 0 saturated carbocycles. The number of hydrogen-bond acceptors (Lipinski definition) is 3. The van der Waals surface area contributed by atoms with Gasteiger partial charge < -0.3 is 0 Å². The Labute approximate surface area is 149 Å². The molecule has 0 bridgehead atoms. The zero-order valence-electron chi connectivity index (χ0n) is 12.5. The second-order valence-electron chi connectivity index (χ2n) is 5.28. The maximum atomic E-state index is 12.3. The Morgan fingerprint density at radius 3 is 2.26 bits per heavy atom. The van der Waals surface area contributed by atoms with Crippen LogP contribution in [0, 0.1) is 0 Å². The molecular weight excluding hydrogens is 402 g/mol. The highest BCUT2D eigenvalue weighted by atomic mass is 79.9. The summed E-state index contributed by atoms with van der Waals surface area (Å²) < 4.78 is 27.3. The van der Waals surface area contributed by atoms with Crippen LogP contribution in [0.5, 0.6) is 0 Å². The highest BCUT2D eigenvalue weighted by molar-refractivity contribution is 9.10. The summed E-state index contributed by atoms with van der Waals surface area (Å²) in [6.07, 6.45) is 0. The maximum absolute atomic E-state index is 12.3. The quantitative estimate of drug-likeness (QED) is 0.806. The van der Waals surface area contributed by atoms with E-state index in [1.807, 2.05) is 18.6 Å². The molecule has 0 saturated heterocycles. The summed E-state index contributed by atoms with van der Waals surface area (Å²) in [4.78, 5) is 12.2. The fraction of sp³-hybridized carbons (Fsp3) is 0.188. The van der Waals surface area contributed by atoms with Gasteiger partial charge in [0.1, 0.15) is 0 Å². The van der Waals surface area contributed by atoms with Crippen molar-refractivity contribution in [3.05, 3.63) is 63.1 Å². The summed E-state index contributed by atoms with van der Waals surface area (Å²) in [6, 6.07) is 11.0. The predicted molar refractivity (Wildman–Crippen MR) is 94.3 cm³/mol. The van der Waals surface area contributed by atoms with Crippen LogP contribution in [0.2, 0.25) is 5.02 Å². The van der Waals surface area contributed by atoms with Crippen LogP contribution in [-0.2, 0) is 10.0 Å². The van der Waals surface area contributed by atoms with Crippen LogP contribution in [0.3, 0.4) is 0 Å². The lowest BCUT2D eigenvalue weighted by Gasteiger charge is -2.10. The van der Waals surface area contributed by atoms with Gasteiger partial charge in [-0.3, -0.25) is 4.79 Å². The summed E-state index contributed by atoms with van der Waals surface area (Å²) in [5.74, 6) is -0.474. The van der Waals surface area contributed by atoms with Crippen LogP contribution in [-0.4, -0.2) is 14.3 Å². The van der Waals surface area contributed by atoms with E-state index < -0.39 is 15.9 Å². The summed E-state index contributed by atoms with van der Waals surface area (Å²) in [6.45, 7) is 4.03. The van der Waals surface area contributed by atoms with Crippen molar-refractivity contribution < 1.29 is 13.2 Å². The molecule has 0 aliphatic rings. The monoisotopic (exact) mass is 415 g/mol. The van der Waals surface area contributed by atoms with Crippen LogP contribution in [0.25, 0.3) is 0 Å². The van der Waals surface area contributed by atoms with Gasteiger partial charge in [0.15, 0.2) is 0 Å². The van der Waals surface area contributed by atoms with Crippen molar-refractivity contribution in [2.75, 3.05) is 0 Å². The SMILES string of the molecule is CC(C)c1ccc(S(=O)(=O)NC(=O)c2ccc(Br)cc2Cl)cc1. The molecule has 0 heterocycles. The molecule has 7 heteroatoms. The highest BCUT2D eigenvalue weighted by Crippen LogP contribution is 2.22. The van der Waals surface area contributed by atoms with E-state index in [2.05, 4.69) is 15.9 Å². The average molecular weight is 417 g/mol. The number of carbonyl (C=O) groups is 1. The molecule has 2 rings (SSSR count). The van der Waals surface area contributed by atoms with E-state index in [-0.39, 0.29) is 15.5 Å². The first-order valence-corrected chi connectivity index (χ1v) is 9.48. The van der Waals surface area contributed by atoms with Gasteiger partial charge in [0.2, 0.25) is 0 Å². The van der Waals surface area contributed by atoms with Crippen molar-refractivity contribution in [1.82, 2.24) is 4.72 Å². The summed E-state index contributed by atoms with van der Waals surface area (Å²) in [7, 11) is -3.95. The number of sulfonamides is 1. The first-order chi connectivity index (χ1) is 10.7. The number of nitrogens with one attached hydrogen (secondary N) is 1. The molecule has 0 spiro atoms. The predicted octanol–water partition coefficient (Wildman–Crippen LogP) is 4.34. The van der Waals surface area contributed by atoms with Crippen LogP contribution in [0.1, 0.15) is 35.7 Å². The molecule has 1 amide bonds. The second-order valence-corrected chi connectivity index (χ2v) is 8.29. The van der Waals surface area contributed by atoms with Crippen LogP contribution in [0.4, 0.5) is 0 Å². The molecule has 122 valence electrons. The van der Waals surface area contributed by atoms with Gasteiger partial charge in [-0.1, -0.05) is 53.5 Å². The molecular formula is C16H15BrClNO3S. The molecule has 0 aliphatic heterocycles. The molecule has 0 fully saturated rings. The third-order valence-electron chi connectivity index (χ3n) is 3.26. The van der Waals surface area contributed by atoms with Gasteiger partial charge in [0, 0.05) is 4.47 Å². The fourth-order valence-corrected chi connectivity index (χ4v) is 3.67. The summed E-state index contributed by atoms with van der Waals surface area (Å²) in [5.41, 5.74) is 1.11. The van der Waals surface area contributed by atoms with E-state index in [0.29, 0.717) is 10.4 Å². The van der Waals surface area contributed by atoms with Gasteiger partial charge in [-0.2, -0.15) is 0 Å². The lowest BCUT2D eigenvalue weighted by Crippen LogP contribution is -2.30. The molecule has 2 aromatic rings. The minimum Gasteiger partial charge on any atom is -0.268 e. The highest BCUT2D eigenvalue weighted by Gasteiger charge is 2.20. The van der Waals surface area contributed by atoms with E-state index in [1.165, 1.54) is 24.3 Å². The number of halogens is 2. The molecule has 0 atom stereocenters. The van der Waals surface area contributed by atoms with Gasteiger partial charge >= 0.3 is 0 Å². The minimum atomic E-state index is -3.95. The molecule has 4 nitrogen and oxygen atoms in total. The fourth-order valence-electron chi connectivity index (χ4n) is 1.94. The normalized spacial score (nSPS) is 11.5. The number of amides is 1. The maximum Gasteiger partial charge on any atom is 0.266 e. The minimum absolute atomic E-state index is 0.0310. The van der Waals surface area contributed by atoms with Gasteiger partial charge in [-0.05, 0) is 41.8 Å². The Hall–Kier alpha value is -1.37. The lowest BCUT2D eigenvalue weighted by molar-refractivity contribution is 0.0981. The number of rotatable bonds is 4. The summed E-state index contributed by atoms with van der Waals surface area (Å²) >= 11 is 9.20. The molecule has 0 aliphatic carbocycles. The van der Waals surface area contributed by atoms with E-state index in [9.17, 15) is 13.2 Å². The average Bonchev–Trinajstić information content (AvgIpc) is 2.46. The molecule has 0 radical (unpaired) electrons. The van der Waals surface area contributed by atoms with Gasteiger partial charge in [0.05, 0.1) is 15.5 Å².